The Hall–Kier alpha value is -4.31. The average molecular weight is 502 g/mol. The molecule has 1 amide bonds. The van der Waals surface area contributed by atoms with Crippen LogP contribution in [-0.2, 0) is 9.53 Å². The lowest BCUT2D eigenvalue weighted by Gasteiger charge is -2.33. The first-order valence-corrected chi connectivity index (χ1v) is 12.1. The Morgan fingerprint density at radius 1 is 1.11 bits per heavy atom. The monoisotopic (exact) mass is 501 g/mol. The molecule has 4 heterocycles. The highest BCUT2D eigenvalue weighted by atomic mass is 19.1. The van der Waals surface area contributed by atoms with Gasteiger partial charge in [0.05, 0.1) is 23.1 Å². The van der Waals surface area contributed by atoms with E-state index >= 15 is 4.39 Å². The van der Waals surface area contributed by atoms with E-state index in [9.17, 15) is 9.59 Å². The van der Waals surface area contributed by atoms with Crippen LogP contribution >= 0.6 is 0 Å². The molecular formula is C27H24FN5O4. The second-order valence-electron chi connectivity index (χ2n) is 9.12. The van der Waals surface area contributed by atoms with Gasteiger partial charge in [-0.15, -0.1) is 0 Å². The highest BCUT2D eigenvalue weighted by Gasteiger charge is 2.37. The molecule has 6 rings (SSSR count). The number of rotatable bonds is 7. The molecular weight excluding hydrogens is 477 g/mol. The third kappa shape index (κ3) is 4.75. The Balaban J connectivity index is 1.25. The smallest absolute Gasteiger partial charge is 0.254 e. The number of amides is 1. The molecule has 2 aliphatic heterocycles. The predicted molar refractivity (Wildman–Crippen MR) is 133 cm³/mol. The van der Waals surface area contributed by atoms with Crippen molar-refractivity contribution in [3.63, 3.8) is 0 Å². The molecule has 2 aromatic carbocycles. The fraction of sp³-hybridized carbons (Fsp3) is 0.259. The predicted octanol–water partition coefficient (Wildman–Crippen LogP) is 3.92. The maximum absolute atomic E-state index is 15.1. The lowest BCUT2D eigenvalue weighted by molar-refractivity contribution is -0.133. The first-order chi connectivity index (χ1) is 18.1. The number of hydrogen-bond acceptors (Lipinski definition) is 7. The van der Waals surface area contributed by atoms with Gasteiger partial charge in [-0.1, -0.05) is 18.2 Å². The number of para-hydroxylation sites is 1. The summed E-state index contributed by atoms with van der Waals surface area (Å²) in [4.78, 5) is 39.3. The molecule has 2 N–H and O–H groups in total. The number of halogens is 1. The molecule has 10 heteroatoms. The van der Waals surface area contributed by atoms with Crippen molar-refractivity contribution in [3.05, 3.63) is 78.0 Å². The van der Waals surface area contributed by atoms with Gasteiger partial charge in [0, 0.05) is 31.4 Å². The highest BCUT2D eigenvalue weighted by molar-refractivity contribution is 6.18. The molecule has 2 unspecified atom stereocenters. The van der Waals surface area contributed by atoms with Crippen molar-refractivity contribution < 1.29 is 23.5 Å². The number of ketones is 1. The summed E-state index contributed by atoms with van der Waals surface area (Å²) in [6, 6.07) is 13.1. The normalized spacial score (nSPS) is 19.0. The van der Waals surface area contributed by atoms with E-state index in [1.54, 1.807) is 23.1 Å². The Morgan fingerprint density at radius 2 is 1.95 bits per heavy atom. The number of benzene rings is 2. The van der Waals surface area contributed by atoms with E-state index in [2.05, 4.69) is 20.3 Å². The van der Waals surface area contributed by atoms with Crippen molar-refractivity contribution in [2.24, 2.45) is 0 Å². The quantitative estimate of drug-likeness (QED) is 0.292. The number of aromatic amines is 1. The van der Waals surface area contributed by atoms with Gasteiger partial charge in [0.1, 0.15) is 35.1 Å². The second-order valence-corrected chi connectivity index (χ2v) is 9.12. The fourth-order valence-electron chi connectivity index (χ4n) is 4.65. The highest BCUT2D eigenvalue weighted by Crippen LogP contribution is 2.30. The van der Waals surface area contributed by atoms with Gasteiger partial charge in [-0.3, -0.25) is 9.59 Å². The summed E-state index contributed by atoms with van der Waals surface area (Å²) in [5, 5.41) is 3.86. The van der Waals surface area contributed by atoms with Crippen molar-refractivity contribution in [2.45, 2.75) is 25.0 Å². The number of carbonyl (C=O) groups is 2. The minimum Gasteiger partial charge on any atom is -0.457 e. The first-order valence-electron chi connectivity index (χ1n) is 12.1. The first kappa shape index (κ1) is 23.1. The van der Waals surface area contributed by atoms with E-state index < -0.39 is 11.6 Å². The van der Waals surface area contributed by atoms with Gasteiger partial charge in [-0.05, 0) is 37.1 Å². The van der Waals surface area contributed by atoms with Crippen LogP contribution in [0, 0.1) is 5.82 Å². The van der Waals surface area contributed by atoms with E-state index in [-0.39, 0.29) is 34.9 Å². The van der Waals surface area contributed by atoms with Gasteiger partial charge in [-0.25, -0.2) is 14.4 Å². The minimum absolute atomic E-state index is 0.00649. The van der Waals surface area contributed by atoms with Crippen molar-refractivity contribution in [1.82, 2.24) is 19.9 Å². The standard InChI is InChI=1S/C27H24FN5O4/c28-21-11-18(37-17-6-2-1-3-7-17)8-9-19(21)24(34)20-12-29-25-23(20)26(31-15-30-25)32-16-5-4-10-33(13-16)27(35)22-14-36-22/h1-3,6-9,11-12,15-16,22H,4-5,10,13-14H2,(H2,29,30,31,32). The lowest BCUT2D eigenvalue weighted by atomic mass is 10.0. The molecule has 2 fully saturated rings. The van der Waals surface area contributed by atoms with Crippen LogP contribution in [0.25, 0.3) is 11.0 Å². The number of hydrogen-bond donors (Lipinski definition) is 2. The number of fused-ring (bicyclic) bond motifs is 1. The SMILES string of the molecule is O=C(c1ccc(Oc2ccccc2)cc1F)c1c[nH]c2ncnc(NC3CCCN(C(=O)C4CO4)C3)c12. The number of nitrogens with one attached hydrogen (secondary N) is 2. The Morgan fingerprint density at radius 3 is 2.73 bits per heavy atom. The minimum atomic E-state index is -0.692. The Bertz CT molecular complexity index is 1470. The molecule has 0 spiro atoms. The molecule has 2 saturated heterocycles. The summed E-state index contributed by atoms with van der Waals surface area (Å²) >= 11 is 0. The van der Waals surface area contributed by atoms with Crippen LogP contribution < -0.4 is 10.1 Å². The molecule has 4 aromatic rings. The number of H-pyrrole nitrogens is 1. The third-order valence-corrected chi connectivity index (χ3v) is 6.56. The molecule has 2 aliphatic rings. The second kappa shape index (κ2) is 9.62. The van der Waals surface area contributed by atoms with E-state index in [4.69, 9.17) is 9.47 Å². The van der Waals surface area contributed by atoms with Crippen molar-refractivity contribution in [1.29, 1.82) is 0 Å². The zero-order valence-electron chi connectivity index (χ0n) is 19.8. The number of epoxide rings is 1. The van der Waals surface area contributed by atoms with Gasteiger partial charge in [0.2, 0.25) is 0 Å². The van der Waals surface area contributed by atoms with Gasteiger partial charge in [0.25, 0.3) is 5.91 Å². The van der Waals surface area contributed by atoms with Crippen molar-refractivity contribution in [2.75, 3.05) is 25.0 Å². The van der Waals surface area contributed by atoms with E-state index in [1.165, 1.54) is 24.7 Å². The zero-order chi connectivity index (χ0) is 25.4. The van der Waals surface area contributed by atoms with Gasteiger partial charge >= 0.3 is 0 Å². The van der Waals surface area contributed by atoms with E-state index in [0.717, 1.165) is 12.8 Å². The summed E-state index contributed by atoms with van der Waals surface area (Å²) in [6.07, 6.45) is 4.27. The summed E-state index contributed by atoms with van der Waals surface area (Å²) in [6.45, 7) is 1.67. The number of anilines is 1. The lowest BCUT2D eigenvalue weighted by Crippen LogP contribution is -2.46. The molecule has 37 heavy (non-hydrogen) atoms. The topological polar surface area (TPSA) is 113 Å². The number of ether oxygens (including phenoxy) is 2. The molecule has 9 nitrogen and oxygen atoms in total. The van der Waals surface area contributed by atoms with Crippen LogP contribution in [0.2, 0.25) is 0 Å². The number of aromatic nitrogens is 3. The summed E-state index contributed by atoms with van der Waals surface area (Å²) in [5.41, 5.74) is 0.624. The molecule has 2 atom stereocenters. The molecule has 2 aromatic heterocycles. The van der Waals surface area contributed by atoms with Gasteiger partial charge in [0.15, 0.2) is 11.9 Å². The maximum Gasteiger partial charge on any atom is 0.254 e. The molecule has 188 valence electrons. The number of nitrogens with zero attached hydrogens (tertiary/aromatic N) is 3. The number of carbonyl (C=O) groups excluding carboxylic acids is 2. The van der Waals surface area contributed by atoms with Crippen LogP contribution in [0.1, 0.15) is 28.8 Å². The maximum atomic E-state index is 15.1. The fourth-order valence-corrected chi connectivity index (χ4v) is 4.65. The summed E-state index contributed by atoms with van der Waals surface area (Å²) in [5.74, 6) is 0.131. The zero-order valence-corrected chi connectivity index (χ0v) is 19.8. The van der Waals surface area contributed by atoms with Crippen molar-refractivity contribution in [3.8, 4) is 11.5 Å². The van der Waals surface area contributed by atoms with E-state index in [0.29, 0.717) is 42.3 Å². The average Bonchev–Trinajstić information content (AvgIpc) is 3.67. The number of likely N-dealkylation sites (tertiary alicyclic amines) is 1. The molecule has 0 saturated carbocycles. The largest absolute Gasteiger partial charge is 0.457 e. The van der Waals surface area contributed by atoms with Crippen molar-refractivity contribution >= 4 is 28.5 Å². The molecule has 0 bridgehead atoms. The van der Waals surface area contributed by atoms with Crippen LogP contribution in [0.4, 0.5) is 10.2 Å². The van der Waals surface area contributed by atoms with Crippen LogP contribution in [-0.4, -0.2) is 63.4 Å². The van der Waals surface area contributed by atoms with Gasteiger partial charge < -0.3 is 24.7 Å². The Labute approximate surface area is 211 Å². The molecule has 0 aliphatic carbocycles. The summed E-state index contributed by atoms with van der Waals surface area (Å²) < 4.78 is 25.9. The van der Waals surface area contributed by atoms with Crippen LogP contribution in [0.15, 0.2) is 61.1 Å². The summed E-state index contributed by atoms with van der Waals surface area (Å²) in [7, 11) is 0. The van der Waals surface area contributed by atoms with E-state index in [1.807, 2.05) is 18.2 Å². The van der Waals surface area contributed by atoms with Crippen LogP contribution in [0.3, 0.4) is 0 Å². The Kier molecular flexibility index (Phi) is 6.01. The third-order valence-electron chi connectivity index (χ3n) is 6.56. The van der Waals surface area contributed by atoms with Crippen LogP contribution in [0.5, 0.6) is 11.5 Å². The van der Waals surface area contributed by atoms with Gasteiger partial charge in [-0.2, -0.15) is 0 Å². The molecule has 0 radical (unpaired) electrons. The number of piperidine rings is 1.